The summed E-state index contributed by atoms with van der Waals surface area (Å²) >= 11 is 0. The first-order valence-corrected chi connectivity index (χ1v) is 8.71. The van der Waals surface area contributed by atoms with E-state index in [1.807, 2.05) is 54.6 Å². The Balaban J connectivity index is 1.66. The number of hydrogen-bond donors (Lipinski definition) is 2. The fraction of sp³-hybridized carbons (Fsp3) is 0.350. The number of anilines is 2. The maximum absolute atomic E-state index is 12.6. The minimum absolute atomic E-state index is 0.0167. The van der Waals surface area contributed by atoms with Crippen molar-refractivity contribution in [3.05, 3.63) is 60.2 Å². The number of amides is 1. The fourth-order valence-electron chi connectivity index (χ4n) is 3.32. The largest absolute Gasteiger partial charge is 0.355 e. The lowest BCUT2D eigenvalue weighted by atomic mass is 10.1. The number of carbonyl (C=O) groups is 1. The van der Waals surface area contributed by atoms with Crippen molar-refractivity contribution < 1.29 is 4.79 Å². The minimum atomic E-state index is -0.0167. The molecule has 1 aliphatic rings. The number of nitrogens with zero attached hydrogens (tertiary/aromatic N) is 1. The highest BCUT2D eigenvalue weighted by Crippen LogP contribution is 2.21. The molecule has 4 heteroatoms. The van der Waals surface area contributed by atoms with Crippen LogP contribution in [0.5, 0.6) is 0 Å². The first kappa shape index (κ1) is 16.5. The van der Waals surface area contributed by atoms with E-state index in [1.165, 1.54) is 6.42 Å². The highest BCUT2D eigenvalue weighted by atomic mass is 16.1. The third kappa shape index (κ3) is 3.95. The van der Waals surface area contributed by atoms with E-state index in [0.29, 0.717) is 18.2 Å². The van der Waals surface area contributed by atoms with Crippen LogP contribution in [0.2, 0.25) is 0 Å². The van der Waals surface area contributed by atoms with Crippen molar-refractivity contribution in [2.24, 2.45) is 0 Å². The SMILES string of the molecule is CCN1CCCC1CNC(=O)c1ccccc1Nc1ccccc1. The molecule has 24 heavy (non-hydrogen) atoms. The summed E-state index contributed by atoms with van der Waals surface area (Å²) in [6, 6.07) is 18.0. The third-order valence-corrected chi connectivity index (χ3v) is 4.63. The number of nitrogens with one attached hydrogen (secondary N) is 2. The van der Waals surface area contributed by atoms with E-state index in [2.05, 4.69) is 22.5 Å². The van der Waals surface area contributed by atoms with Gasteiger partial charge in [0.15, 0.2) is 0 Å². The van der Waals surface area contributed by atoms with E-state index >= 15 is 0 Å². The van der Waals surface area contributed by atoms with Gasteiger partial charge in [0.05, 0.1) is 11.3 Å². The average molecular weight is 323 g/mol. The summed E-state index contributed by atoms with van der Waals surface area (Å²) in [5, 5.41) is 6.44. The highest BCUT2D eigenvalue weighted by molar-refractivity contribution is 6.00. The van der Waals surface area contributed by atoms with Crippen LogP contribution in [0, 0.1) is 0 Å². The van der Waals surface area contributed by atoms with Crippen LogP contribution in [0.25, 0.3) is 0 Å². The lowest BCUT2D eigenvalue weighted by molar-refractivity contribution is 0.0942. The summed E-state index contributed by atoms with van der Waals surface area (Å²) in [5.41, 5.74) is 2.49. The van der Waals surface area contributed by atoms with E-state index in [4.69, 9.17) is 0 Å². The Morgan fingerprint density at radius 1 is 1.12 bits per heavy atom. The van der Waals surface area contributed by atoms with Gasteiger partial charge in [0.25, 0.3) is 5.91 Å². The Hall–Kier alpha value is -2.33. The number of carbonyl (C=O) groups excluding carboxylic acids is 1. The molecule has 1 aliphatic heterocycles. The molecule has 3 rings (SSSR count). The summed E-state index contributed by atoms with van der Waals surface area (Å²) < 4.78 is 0. The highest BCUT2D eigenvalue weighted by Gasteiger charge is 2.23. The van der Waals surface area contributed by atoms with Crippen molar-refractivity contribution in [3.63, 3.8) is 0 Å². The second-order valence-electron chi connectivity index (χ2n) is 6.17. The van der Waals surface area contributed by atoms with Gasteiger partial charge in [-0.1, -0.05) is 37.3 Å². The molecule has 0 aromatic heterocycles. The van der Waals surface area contributed by atoms with Crippen molar-refractivity contribution >= 4 is 17.3 Å². The Morgan fingerprint density at radius 2 is 1.88 bits per heavy atom. The van der Waals surface area contributed by atoms with E-state index < -0.39 is 0 Å². The van der Waals surface area contributed by atoms with Gasteiger partial charge in [-0.2, -0.15) is 0 Å². The first-order chi connectivity index (χ1) is 11.8. The van der Waals surface area contributed by atoms with E-state index in [0.717, 1.165) is 30.9 Å². The maximum atomic E-state index is 12.6. The van der Waals surface area contributed by atoms with Gasteiger partial charge in [0.1, 0.15) is 0 Å². The Kier molecular flexibility index (Phi) is 5.49. The zero-order chi connectivity index (χ0) is 16.8. The lowest BCUT2D eigenvalue weighted by Gasteiger charge is -2.23. The van der Waals surface area contributed by atoms with Crippen molar-refractivity contribution in [2.45, 2.75) is 25.8 Å². The van der Waals surface area contributed by atoms with Crippen molar-refractivity contribution in [3.8, 4) is 0 Å². The van der Waals surface area contributed by atoms with Crippen LogP contribution >= 0.6 is 0 Å². The molecule has 0 spiro atoms. The summed E-state index contributed by atoms with van der Waals surface area (Å²) in [5.74, 6) is -0.0167. The van der Waals surface area contributed by atoms with Crippen LogP contribution in [0.3, 0.4) is 0 Å². The molecule has 1 atom stereocenters. The van der Waals surface area contributed by atoms with Gasteiger partial charge < -0.3 is 10.6 Å². The van der Waals surface area contributed by atoms with Gasteiger partial charge in [0.2, 0.25) is 0 Å². The van der Waals surface area contributed by atoms with Crippen LogP contribution < -0.4 is 10.6 Å². The summed E-state index contributed by atoms with van der Waals surface area (Å²) in [7, 11) is 0. The predicted molar refractivity (Wildman–Crippen MR) is 98.8 cm³/mol. The topological polar surface area (TPSA) is 44.4 Å². The lowest BCUT2D eigenvalue weighted by Crippen LogP contribution is -2.40. The fourth-order valence-corrected chi connectivity index (χ4v) is 3.32. The van der Waals surface area contributed by atoms with Crippen LogP contribution in [-0.2, 0) is 0 Å². The molecular formula is C20H25N3O. The molecule has 1 fully saturated rings. The van der Waals surface area contributed by atoms with Gasteiger partial charge in [-0.05, 0) is 50.2 Å². The van der Waals surface area contributed by atoms with Gasteiger partial charge >= 0.3 is 0 Å². The second-order valence-corrected chi connectivity index (χ2v) is 6.17. The first-order valence-electron chi connectivity index (χ1n) is 8.71. The molecule has 0 saturated carbocycles. The molecule has 2 aromatic rings. The maximum Gasteiger partial charge on any atom is 0.253 e. The predicted octanol–water partition coefficient (Wildman–Crippen LogP) is 3.64. The van der Waals surface area contributed by atoms with Crippen molar-refractivity contribution in [1.29, 1.82) is 0 Å². The Morgan fingerprint density at radius 3 is 2.67 bits per heavy atom. The number of rotatable bonds is 6. The van der Waals surface area contributed by atoms with Gasteiger partial charge in [0, 0.05) is 18.3 Å². The summed E-state index contributed by atoms with van der Waals surface area (Å²) in [6.45, 7) is 5.08. The zero-order valence-electron chi connectivity index (χ0n) is 14.2. The van der Waals surface area contributed by atoms with Gasteiger partial charge in [-0.15, -0.1) is 0 Å². The number of benzene rings is 2. The third-order valence-electron chi connectivity index (χ3n) is 4.63. The standard InChI is InChI=1S/C20H25N3O/c1-2-23-14-8-11-17(23)15-21-20(24)18-12-6-7-13-19(18)22-16-9-4-3-5-10-16/h3-7,9-10,12-13,17,22H,2,8,11,14-15H2,1H3,(H,21,24). The quantitative estimate of drug-likeness (QED) is 0.853. The molecule has 0 aliphatic carbocycles. The second kappa shape index (κ2) is 7.97. The van der Waals surface area contributed by atoms with Gasteiger partial charge in [-0.25, -0.2) is 0 Å². The van der Waals surface area contributed by atoms with Crippen LogP contribution in [0.1, 0.15) is 30.1 Å². The van der Waals surface area contributed by atoms with Crippen LogP contribution in [-0.4, -0.2) is 36.5 Å². The van der Waals surface area contributed by atoms with Gasteiger partial charge in [-0.3, -0.25) is 9.69 Å². The van der Waals surface area contributed by atoms with Crippen LogP contribution in [0.15, 0.2) is 54.6 Å². The molecule has 0 bridgehead atoms. The average Bonchev–Trinajstić information content (AvgIpc) is 3.08. The van der Waals surface area contributed by atoms with Crippen molar-refractivity contribution in [1.82, 2.24) is 10.2 Å². The van der Waals surface area contributed by atoms with E-state index in [1.54, 1.807) is 0 Å². The molecule has 1 heterocycles. The molecular weight excluding hydrogens is 298 g/mol. The Labute approximate surface area is 143 Å². The monoisotopic (exact) mass is 323 g/mol. The molecule has 1 unspecified atom stereocenters. The molecule has 4 nitrogen and oxygen atoms in total. The van der Waals surface area contributed by atoms with E-state index in [-0.39, 0.29) is 5.91 Å². The number of likely N-dealkylation sites (N-methyl/N-ethyl adjacent to an activating group) is 1. The summed E-state index contributed by atoms with van der Waals surface area (Å²) in [6.07, 6.45) is 2.39. The number of para-hydroxylation sites is 2. The Bertz CT molecular complexity index is 672. The molecule has 126 valence electrons. The molecule has 1 amide bonds. The molecule has 1 saturated heterocycles. The number of likely N-dealkylation sites (tertiary alicyclic amines) is 1. The molecule has 0 radical (unpaired) electrons. The minimum Gasteiger partial charge on any atom is -0.355 e. The zero-order valence-corrected chi connectivity index (χ0v) is 14.2. The normalized spacial score (nSPS) is 17.6. The summed E-state index contributed by atoms with van der Waals surface area (Å²) in [4.78, 5) is 15.1. The molecule has 2 N–H and O–H groups in total. The molecule has 2 aromatic carbocycles. The van der Waals surface area contributed by atoms with Crippen molar-refractivity contribution in [2.75, 3.05) is 25.0 Å². The van der Waals surface area contributed by atoms with Crippen LogP contribution in [0.4, 0.5) is 11.4 Å². The smallest absolute Gasteiger partial charge is 0.253 e. The van der Waals surface area contributed by atoms with E-state index in [9.17, 15) is 4.79 Å². The number of hydrogen-bond acceptors (Lipinski definition) is 3.